The summed E-state index contributed by atoms with van der Waals surface area (Å²) in [5, 5.41) is 15.1. The van der Waals surface area contributed by atoms with Crippen LogP contribution in [0.1, 0.15) is 38.6 Å². The molecule has 0 bridgehead atoms. The largest absolute Gasteiger partial charge is 0.323 e. The van der Waals surface area contributed by atoms with Gasteiger partial charge in [0.25, 0.3) is 0 Å². The van der Waals surface area contributed by atoms with Gasteiger partial charge in [-0.1, -0.05) is 36.7 Å². The van der Waals surface area contributed by atoms with Crippen LogP contribution in [0.4, 0.5) is 11.4 Å². The average molecular weight is 372 g/mol. The maximum absolute atomic E-state index is 13.0. The number of nitrogens with one attached hydrogen (secondary N) is 1. The van der Waals surface area contributed by atoms with E-state index >= 15 is 0 Å². The molecule has 1 aromatic carbocycles. The van der Waals surface area contributed by atoms with Gasteiger partial charge in [-0.3, -0.25) is 14.5 Å². The van der Waals surface area contributed by atoms with Crippen molar-refractivity contribution < 1.29 is 9.59 Å². The Morgan fingerprint density at radius 3 is 2.88 bits per heavy atom. The molecule has 26 heavy (non-hydrogen) atoms. The van der Waals surface area contributed by atoms with E-state index in [1.165, 1.54) is 29.5 Å². The lowest BCUT2D eigenvalue weighted by molar-refractivity contribution is -0.121. The topological polar surface area (TPSA) is 93.0 Å². The molecular weight excluding hydrogens is 352 g/mol. The zero-order valence-corrected chi connectivity index (χ0v) is 15.3. The van der Waals surface area contributed by atoms with Gasteiger partial charge in [0.1, 0.15) is 6.54 Å². The van der Waals surface area contributed by atoms with Crippen LogP contribution < -0.4 is 10.2 Å². The Kier molecular flexibility index (Phi) is 4.62. The molecule has 4 rings (SSSR count). The molecule has 9 heteroatoms. The van der Waals surface area contributed by atoms with Gasteiger partial charge >= 0.3 is 0 Å². The van der Waals surface area contributed by atoms with Crippen molar-refractivity contribution in [1.82, 2.24) is 20.2 Å². The van der Waals surface area contributed by atoms with Crippen molar-refractivity contribution in [2.45, 2.75) is 49.1 Å². The van der Waals surface area contributed by atoms with Crippen LogP contribution in [0, 0.1) is 0 Å². The molecule has 1 aliphatic heterocycles. The first kappa shape index (κ1) is 17.0. The van der Waals surface area contributed by atoms with Gasteiger partial charge < -0.3 is 5.32 Å². The Labute approximate surface area is 155 Å². The number of carbonyl (C=O) groups is 2. The molecule has 1 atom stereocenters. The number of hydrogen-bond acceptors (Lipinski definition) is 6. The zero-order valence-electron chi connectivity index (χ0n) is 14.5. The Morgan fingerprint density at radius 1 is 1.31 bits per heavy atom. The zero-order chi connectivity index (χ0) is 18.1. The van der Waals surface area contributed by atoms with Crippen LogP contribution >= 0.6 is 11.8 Å². The number of thioether (sulfide) groups is 1. The normalized spacial score (nSPS) is 18.5. The summed E-state index contributed by atoms with van der Waals surface area (Å²) in [5.74, 6) is -0.316. The number of fused-ring (bicyclic) bond motifs is 1. The lowest BCUT2D eigenvalue weighted by Gasteiger charge is -2.30. The van der Waals surface area contributed by atoms with Gasteiger partial charge in [0, 0.05) is 0 Å². The molecule has 2 heterocycles. The summed E-state index contributed by atoms with van der Waals surface area (Å²) in [5.41, 5.74) is 1.38. The average Bonchev–Trinajstić information content (AvgIpc) is 3.31. The van der Waals surface area contributed by atoms with Crippen LogP contribution in [-0.4, -0.2) is 43.8 Å². The fourth-order valence-corrected chi connectivity index (χ4v) is 4.42. The van der Waals surface area contributed by atoms with Crippen molar-refractivity contribution in [2.24, 2.45) is 0 Å². The fraction of sp³-hybridized carbons (Fsp3) is 0.471. The Balaban J connectivity index is 1.52. The van der Waals surface area contributed by atoms with Gasteiger partial charge in [-0.2, -0.15) is 0 Å². The minimum absolute atomic E-state index is 0.0221. The highest BCUT2D eigenvalue weighted by molar-refractivity contribution is 8.00. The van der Waals surface area contributed by atoms with Crippen LogP contribution in [0.25, 0.3) is 0 Å². The molecule has 1 saturated carbocycles. The molecule has 0 unspecified atom stereocenters. The number of benzene rings is 1. The summed E-state index contributed by atoms with van der Waals surface area (Å²) in [4.78, 5) is 26.5. The van der Waals surface area contributed by atoms with Gasteiger partial charge in [0.15, 0.2) is 0 Å². The summed E-state index contributed by atoms with van der Waals surface area (Å²) < 4.78 is 1.85. The van der Waals surface area contributed by atoms with Crippen molar-refractivity contribution in [2.75, 3.05) is 16.8 Å². The quantitative estimate of drug-likeness (QED) is 0.828. The number of hydrogen-bond donors (Lipinski definition) is 1. The predicted molar refractivity (Wildman–Crippen MR) is 98.1 cm³/mol. The summed E-state index contributed by atoms with van der Waals surface area (Å²) in [7, 11) is 0. The molecule has 1 aliphatic carbocycles. The SMILES string of the molecule is C[C@H](Sc1nnnn1C1CCCC1)C(=O)N1CC(=O)Nc2ccccc21. The van der Waals surface area contributed by atoms with Crippen LogP contribution in [-0.2, 0) is 9.59 Å². The van der Waals surface area contributed by atoms with Crippen LogP contribution in [0.3, 0.4) is 0 Å². The third kappa shape index (κ3) is 3.18. The molecule has 2 aromatic rings. The Hall–Kier alpha value is -2.42. The van der Waals surface area contributed by atoms with E-state index in [0.29, 0.717) is 16.9 Å². The van der Waals surface area contributed by atoms with Crippen LogP contribution in [0.5, 0.6) is 0 Å². The Bertz CT molecular complexity index is 832. The van der Waals surface area contributed by atoms with Gasteiger partial charge in [0.2, 0.25) is 17.0 Å². The maximum atomic E-state index is 13.0. The molecule has 0 saturated heterocycles. The van der Waals surface area contributed by atoms with Crippen molar-refractivity contribution in [1.29, 1.82) is 0 Å². The molecule has 8 nitrogen and oxygen atoms in total. The highest BCUT2D eigenvalue weighted by Crippen LogP contribution is 2.34. The van der Waals surface area contributed by atoms with Crippen LogP contribution in [0.2, 0.25) is 0 Å². The predicted octanol–water partition coefficient (Wildman–Crippen LogP) is 2.25. The molecule has 2 aliphatic rings. The number of rotatable bonds is 4. The summed E-state index contributed by atoms with van der Waals surface area (Å²) in [6.07, 6.45) is 4.51. The first-order valence-electron chi connectivity index (χ1n) is 8.78. The number of carbonyl (C=O) groups excluding carboxylic acids is 2. The minimum atomic E-state index is -0.403. The lowest BCUT2D eigenvalue weighted by Crippen LogP contribution is -2.45. The van der Waals surface area contributed by atoms with Gasteiger partial charge in [-0.05, 0) is 42.3 Å². The molecule has 1 N–H and O–H groups in total. The van der Waals surface area contributed by atoms with Gasteiger partial charge in [-0.15, -0.1) is 5.10 Å². The van der Waals surface area contributed by atoms with E-state index in [2.05, 4.69) is 20.8 Å². The van der Waals surface area contributed by atoms with Crippen molar-refractivity contribution in [3.63, 3.8) is 0 Å². The minimum Gasteiger partial charge on any atom is -0.323 e. The molecule has 1 aromatic heterocycles. The molecule has 136 valence electrons. The second-order valence-corrected chi connectivity index (χ2v) is 7.90. The second-order valence-electron chi connectivity index (χ2n) is 6.59. The molecule has 2 amide bonds. The van der Waals surface area contributed by atoms with E-state index in [1.54, 1.807) is 6.07 Å². The van der Waals surface area contributed by atoms with Crippen molar-refractivity contribution >= 4 is 35.0 Å². The van der Waals surface area contributed by atoms with E-state index in [4.69, 9.17) is 0 Å². The number of anilines is 2. The summed E-state index contributed by atoms with van der Waals surface area (Å²) in [6.45, 7) is 1.85. The smallest absolute Gasteiger partial charge is 0.244 e. The van der Waals surface area contributed by atoms with E-state index in [-0.39, 0.29) is 18.4 Å². The third-order valence-electron chi connectivity index (χ3n) is 4.80. The van der Waals surface area contributed by atoms with Crippen molar-refractivity contribution in [3.8, 4) is 0 Å². The molecular formula is C17H20N6O2S. The lowest BCUT2D eigenvalue weighted by atomic mass is 10.2. The summed E-state index contributed by atoms with van der Waals surface area (Å²) >= 11 is 1.35. The molecule has 0 spiro atoms. The Morgan fingerprint density at radius 2 is 2.08 bits per heavy atom. The fourth-order valence-electron chi connectivity index (χ4n) is 3.50. The standard InChI is InChI=1S/C17H20N6O2S/c1-11(26-17-19-20-21-23(17)12-6-2-3-7-12)16(25)22-10-15(24)18-13-8-4-5-9-14(13)22/h4-5,8-9,11-12H,2-3,6-7,10H2,1H3,(H,18,24)/t11-/m0/s1. The number of para-hydroxylation sites is 2. The maximum Gasteiger partial charge on any atom is 0.244 e. The molecule has 1 fully saturated rings. The van der Waals surface area contributed by atoms with Gasteiger partial charge in [-0.25, -0.2) is 4.68 Å². The first-order chi connectivity index (χ1) is 12.6. The van der Waals surface area contributed by atoms with Crippen molar-refractivity contribution in [3.05, 3.63) is 24.3 Å². The number of aromatic nitrogens is 4. The van der Waals surface area contributed by atoms with E-state index in [9.17, 15) is 9.59 Å². The first-order valence-corrected chi connectivity index (χ1v) is 9.66. The third-order valence-corrected chi connectivity index (χ3v) is 5.83. The molecule has 0 radical (unpaired) electrons. The number of tetrazole rings is 1. The van der Waals surface area contributed by atoms with E-state index in [1.807, 2.05) is 29.8 Å². The second kappa shape index (κ2) is 7.06. The van der Waals surface area contributed by atoms with E-state index < -0.39 is 5.25 Å². The van der Waals surface area contributed by atoms with E-state index in [0.717, 1.165) is 18.5 Å². The number of amides is 2. The monoisotopic (exact) mass is 372 g/mol. The summed E-state index contributed by atoms with van der Waals surface area (Å²) in [6, 6.07) is 7.64. The highest BCUT2D eigenvalue weighted by Gasteiger charge is 2.31. The van der Waals surface area contributed by atoms with Crippen LogP contribution in [0.15, 0.2) is 29.4 Å². The highest BCUT2D eigenvalue weighted by atomic mass is 32.2. The number of nitrogens with zero attached hydrogens (tertiary/aromatic N) is 5. The van der Waals surface area contributed by atoms with Gasteiger partial charge in [0.05, 0.1) is 22.7 Å².